The molecule has 3 aromatic rings. The number of nitrogens with zero attached hydrogens (tertiary/aromatic N) is 3. The zero-order valence-corrected chi connectivity index (χ0v) is 22.8. The molecule has 10 heteroatoms. The lowest BCUT2D eigenvalue weighted by atomic mass is 9.91. The van der Waals surface area contributed by atoms with Gasteiger partial charge in [0.05, 0.1) is 23.9 Å². The molecule has 2 aliphatic carbocycles. The second-order valence-corrected chi connectivity index (χ2v) is 11.8. The van der Waals surface area contributed by atoms with Crippen LogP contribution in [0.15, 0.2) is 11.1 Å². The highest BCUT2D eigenvalue weighted by atomic mass is 32.1. The van der Waals surface area contributed by atoms with Gasteiger partial charge in [-0.25, -0.2) is 9.78 Å². The number of fused-ring (bicyclic) bond motifs is 4. The van der Waals surface area contributed by atoms with Crippen LogP contribution in [-0.2, 0) is 30.4 Å². The number of nitrogen functional groups attached to an aromatic ring is 1. The van der Waals surface area contributed by atoms with Crippen molar-refractivity contribution in [1.29, 1.82) is 0 Å². The first-order valence-electron chi connectivity index (χ1n) is 12.1. The summed E-state index contributed by atoms with van der Waals surface area (Å²) in [6.07, 6.45) is 7.63. The van der Waals surface area contributed by atoms with E-state index in [1.807, 2.05) is 6.92 Å². The third-order valence-corrected chi connectivity index (χ3v) is 9.28. The molecule has 2 atom stereocenters. The number of esters is 1. The number of aryl methyl sites for hydroxylation is 1. The number of rotatable bonds is 4. The molecule has 8 nitrogen and oxygen atoms in total. The molecule has 3 heterocycles. The molecular formula is C25H35N5O3S2. The van der Waals surface area contributed by atoms with E-state index in [-0.39, 0.29) is 11.5 Å². The smallest absolute Gasteiger partial charge is 0.341 e. The molecule has 0 spiro atoms. The first-order valence-corrected chi connectivity index (χ1v) is 13.7. The number of nitrogens with one attached hydrogen (secondary N) is 1. The van der Waals surface area contributed by atoms with Gasteiger partial charge in [0.15, 0.2) is 0 Å². The summed E-state index contributed by atoms with van der Waals surface area (Å²) in [5, 5.41) is 1.43. The molecule has 3 N–H and O–H groups in total. The standard InChI is InChI=1S/C13H20N2O2S.C12H15N3OS/c1-4-17-13(16)11-9-6-5-8(15(2)3)7-10(9)18-12(11)14;1-15(2)7-3-4-8-9(5-7)17-12-10(8)11(16)13-6-14-12/h8H,4-7,14H2,1-3H3;6-7H,3-5H2,1-2H3,(H,13,14,16). The number of likely N-dealkylation sites (N-methyl/N-ethyl adjacent to an activating group) is 2. The van der Waals surface area contributed by atoms with Gasteiger partial charge in [0, 0.05) is 21.8 Å². The van der Waals surface area contributed by atoms with Gasteiger partial charge in [0.25, 0.3) is 5.56 Å². The fraction of sp³-hybridized carbons (Fsp3) is 0.560. The molecule has 190 valence electrons. The van der Waals surface area contributed by atoms with Crippen molar-refractivity contribution in [2.75, 3.05) is 40.5 Å². The Morgan fingerprint density at radius 3 is 2.29 bits per heavy atom. The molecule has 0 aliphatic heterocycles. The van der Waals surface area contributed by atoms with Gasteiger partial charge in [-0.3, -0.25) is 4.79 Å². The highest BCUT2D eigenvalue weighted by Gasteiger charge is 2.29. The van der Waals surface area contributed by atoms with Crippen LogP contribution in [0.5, 0.6) is 0 Å². The van der Waals surface area contributed by atoms with Gasteiger partial charge in [-0.15, -0.1) is 22.7 Å². The van der Waals surface area contributed by atoms with Crippen molar-refractivity contribution in [3.8, 4) is 0 Å². The quantitative estimate of drug-likeness (QED) is 0.512. The Bertz CT molecular complexity index is 1260. The number of carbonyl (C=O) groups excluding carboxylic acids is 1. The Hall–Kier alpha value is -2.27. The van der Waals surface area contributed by atoms with E-state index in [4.69, 9.17) is 10.5 Å². The molecule has 2 unspecified atom stereocenters. The SMILES string of the molecule is CCOC(=O)c1c(N)sc2c1CCC(N(C)C)C2.CN(C)C1CCc2c(sc3nc[nH]c(=O)c23)C1. The van der Waals surface area contributed by atoms with Crippen molar-refractivity contribution in [3.63, 3.8) is 0 Å². The van der Waals surface area contributed by atoms with Gasteiger partial charge in [-0.05, 0) is 84.8 Å². The molecule has 3 aromatic heterocycles. The van der Waals surface area contributed by atoms with Crippen molar-refractivity contribution in [2.24, 2.45) is 0 Å². The number of thiophene rings is 2. The van der Waals surface area contributed by atoms with E-state index < -0.39 is 0 Å². The summed E-state index contributed by atoms with van der Waals surface area (Å²) in [6, 6.07) is 1.14. The van der Waals surface area contributed by atoms with Gasteiger partial charge in [0.1, 0.15) is 9.83 Å². The summed E-state index contributed by atoms with van der Waals surface area (Å²) in [4.78, 5) is 38.7. The fourth-order valence-electron chi connectivity index (χ4n) is 5.00. The predicted octanol–water partition coefficient (Wildman–Crippen LogP) is 3.33. The van der Waals surface area contributed by atoms with Gasteiger partial charge in [-0.2, -0.15) is 0 Å². The molecule has 0 fully saturated rings. The third kappa shape index (κ3) is 5.30. The number of hydrogen-bond donors (Lipinski definition) is 2. The zero-order valence-electron chi connectivity index (χ0n) is 21.1. The Kier molecular flexibility index (Phi) is 7.95. The van der Waals surface area contributed by atoms with Crippen molar-refractivity contribution < 1.29 is 9.53 Å². The molecule has 0 saturated heterocycles. The second-order valence-electron chi connectivity index (χ2n) is 9.60. The number of H-pyrrole nitrogens is 1. The van der Waals surface area contributed by atoms with Crippen LogP contribution in [-0.4, -0.2) is 72.6 Å². The maximum Gasteiger partial charge on any atom is 0.341 e. The highest BCUT2D eigenvalue weighted by molar-refractivity contribution is 7.18. The molecule has 2 aliphatic rings. The highest BCUT2D eigenvalue weighted by Crippen LogP contribution is 2.37. The van der Waals surface area contributed by atoms with E-state index >= 15 is 0 Å². The van der Waals surface area contributed by atoms with E-state index in [1.54, 1.807) is 22.7 Å². The summed E-state index contributed by atoms with van der Waals surface area (Å²) >= 11 is 3.22. The number of hydrogen-bond acceptors (Lipinski definition) is 9. The van der Waals surface area contributed by atoms with Crippen LogP contribution in [0.4, 0.5) is 5.00 Å². The summed E-state index contributed by atoms with van der Waals surface area (Å²) in [6.45, 7) is 2.21. The lowest BCUT2D eigenvalue weighted by Crippen LogP contribution is -2.33. The van der Waals surface area contributed by atoms with Crippen molar-refractivity contribution in [1.82, 2.24) is 19.8 Å². The minimum absolute atomic E-state index is 0.0100. The molecule has 0 radical (unpaired) electrons. The average molecular weight is 518 g/mol. The van der Waals surface area contributed by atoms with Crippen LogP contribution in [0.1, 0.15) is 51.0 Å². The fourth-order valence-corrected chi connectivity index (χ4v) is 7.44. The summed E-state index contributed by atoms with van der Waals surface area (Å²) in [7, 11) is 8.43. The van der Waals surface area contributed by atoms with E-state index in [1.165, 1.54) is 21.6 Å². The molecule has 35 heavy (non-hydrogen) atoms. The normalized spacial score (nSPS) is 19.3. The number of ether oxygens (including phenoxy) is 1. The Balaban J connectivity index is 0.000000165. The number of carbonyl (C=O) groups is 1. The third-order valence-electron chi connectivity index (χ3n) is 7.03. The van der Waals surface area contributed by atoms with Crippen LogP contribution in [0, 0.1) is 0 Å². The zero-order chi connectivity index (χ0) is 25.3. The van der Waals surface area contributed by atoms with Crippen LogP contribution in [0.25, 0.3) is 10.2 Å². The molecule has 0 amide bonds. The first-order chi connectivity index (χ1) is 16.7. The van der Waals surface area contributed by atoms with E-state index in [9.17, 15) is 9.59 Å². The summed E-state index contributed by atoms with van der Waals surface area (Å²) < 4.78 is 5.08. The van der Waals surface area contributed by atoms with Gasteiger partial charge >= 0.3 is 5.97 Å². The van der Waals surface area contributed by atoms with Gasteiger partial charge in [-0.1, -0.05) is 0 Å². The van der Waals surface area contributed by atoms with Gasteiger partial charge in [0.2, 0.25) is 0 Å². The van der Waals surface area contributed by atoms with Crippen LogP contribution in [0.2, 0.25) is 0 Å². The summed E-state index contributed by atoms with van der Waals surface area (Å²) in [5.41, 5.74) is 8.96. The molecule has 0 saturated carbocycles. The minimum atomic E-state index is -0.268. The van der Waals surface area contributed by atoms with Crippen molar-refractivity contribution >= 4 is 43.9 Å². The lowest BCUT2D eigenvalue weighted by Gasteiger charge is -2.28. The van der Waals surface area contributed by atoms with Crippen LogP contribution >= 0.6 is 22.7 Å². The van der Waals surface area contributed by atoms with Crippen LogP contribution < -0.4 is 11.3 Å². The largest absolute Gasteiger partial charge is 0.462 e. The molecule has 0 aromatic carbocycles. The minimum Gasteiger partial charge on any atom is -0.462 e. The first kappa shape index (κ1) is 25.8. The van der Waals surface area contributed by atoms with E-state index in [2.05, 4.69) is 48.0 Å². The Morgan fingerprint density at radius 1 is 1.09 bits per heavy atom. The topological polar surface area (TPSA) is 105 Å². The number of aromatic amines is 1. The summed E-state index contributed by atoms with van der Waals surface area (Å²) in [5.74, 6) is -0.268. The number of anilines is 1. The van der Waals surface area contributed by atoms with Crippen molar-refractivity contribution in [3.05, 3.63) is 43.1 Å². The molecule has 5 rings (SSSR count). The number of nitrogens with two attached hydrogens (primary N) is 1. The average Bonchev–Trinajstić information content (AvgIpc) is 3.35. The van der Waals surface area contributed by atoms with E-state index in [0.717, 1.165) is 54.3 Å². The monoisotopic (exact) mass is 517 g/mol. The molecule has 0 bridgehead atoms. The van der Waals surface area contributed by atoms with E-state index in [0.29, 0.717) is 29.3 Å². The maximum atomic E-state index is 11.9. The van der Waals surface area contributed by atoms with Crippen LogP contribution in [0.3, 0.4) is 0 Å². The predicted molar refractivity (Wildman–Crippen MR) is 144 cm³/mol. The lowest BCUT2D eigenvalue weighted by molar-refractivity contribution is 0.0526. The Labute approximate surface area is 214 Å². The van der Waals surface area contributed by atoms with Gasteiger partial charge < -0.3 is 25.3 Å². The number of aromatic nitrogens is 2. The second kappa shape index (κ2) is 10.8. The van der Waals surface area contributed by atoms with Crippen molar-refractivity contribution in [2.45, 2.75) is 57.5 Å². The maximum absolute atomic E-state index is 11.9. The molecular weight excluding hydrogens is 482 g/mol. The Morgan fingerprint density at radius 2 is 1.69 bits per heavy atom.